The number of hydrogen-bond donors (Lipinski definition) is 1. The third-order valence-corrected chi connectivity index (χ3v) is 4.31. The normalized spacial score (nSPS) is 10.9. The van der Waals surface area contributed by atoms with E-state index in [0.717, 1.165) is 16.8 Å². The molecule has 0 aliphatic rings. The van der Waals surface area contributed by atoms with E-state index in [2.05, 4.69) is 29.6 Å². The third-order valence-electron chi connectivity index (χ3n) is 4.31. The van der Waals surface area contributed by atoms with E-state index in [1.807, 2.05) is 55.3 Å². The van der Waals surface area contributed by atoms with E-state index in [4.69, 9.17) is 4.74 Å². The van der Waals surface area contributed by atoms with E-state index in [-0.39, 0.29) is 5.91 Å². The molecule has 4 heteroatoms. The van der Waals surface area contributed by atoms with Gasteiger partial charge in [-0.2, -0.15) is 0 Å². The molecule has 0 aliphatic heterocycles. The predicted molar refractivity (Wildman–Crippen MR) is 107 cm³/mol. The highest BCUT2D eigenvalue weighted by atomic mass is 16.5. The van der Waals surface area contributed by atoms with Crippen molar-refractivity contribution in [1.82, 2.24) is 4.90 Å². The van der Waals surface area contributed by atoms with Gasteiger partial charge in [0.05, 0.1) is 13.7 Å². The molecule has 1 amide bonds. The van der Waals surface area contributed by atoms with Crippen LogP contribution in [-0.4, -0.2) is 31.5 Å². The van der Waals surface area contributed by atoms with Crippen LogP contribution in [0.4, 0.5) is 5.69 Å². The molecule has 0 aromatic heterocycles. The molecule has 0 heterocycles. The van der Waals surface area contributed by atoms with Crippen LogP contribution < -0.4 is 10.1 Å². The highest BCUT2D eigenvalue weighted by molar-refractivity contribution is 5.92. The number of amides is 1. The zero-order valence-electron chi connectivity index (χ0n) is 15.5. The van der Waals surface area contributed by atoms with Crippen LogP contribution in [0.5, 0.6) is 5.75 Å². The van der Waals surface area contributed by atoms with Gasteiger partial charge in [0, 0.05) is 12.2 Å². The minimum Gasteiger partial charge on any atom is -0.497 e. The summed E-state index contributed by atoms with van der Waals surface area (Å²) in [6, 6.07) is 20.2. The van der Waals surface area contributed by atoms with Gasteiger partial charge in [-0.15, -0.1) is 0 Å². The maximum absolute atomic E-state index is 12.2. The fraction of sp³-hybridized carbons (Fsp3) is 0.227. The summed E-state index contributed by atoms with van der Waals surface area (Å²) >= 11 is 0. The molecule has 3 aromatic carbocycles. The Balaban J connectivity index is 1.60. The van der Waals surface area contributed by atoms with Crippen molar-refractivity contribution in [2.24, 2.45) is 0 Å². The van der Waals surface area contributed by atoms with Crippen LogP contribution in [0.3, 0.4) is 0 Å². The first kappa shape index (κ1) is 18.0. The number of likely N-dealkylation sites (N-methyl/N-ethyl adjacent to an activating group) is 1. The van der Waals surface area contributed by atoms with E-state index in [1.165, 1.54) is 16.5 Å². The summed E-state index contributed by atoms with van der Waals surface area (Å²) in [5.41, 5.74) is 3.18. The Morgan fingerprint density at radius 3 is 2.42 bits per heavy atom. The summed E-state index contributed by atoms with van der Waals surface area (Å²) < 4.78 is 5.26. The lowest BCUT2D eigenvalue weighted by atomic mass is 10.1. The second kappa shape index (κ2) is 8.02. The third kappa shape index (κ3) is 4.61. The van der Waals surface area contributed by atoms with Crippen LogP contribution in [0.1, 0.15) is 11.1 Å². The second-order valence-electron chi connectivity index (χ2n) is 6.63. The number of methoxy groups -OCH3 is 1. The summed E-state index contributed by atoms with van der Waals surface area (Å²) in [7, 11) is 3.62. The van der Waals surface area contributed by atoms with Crippen molar-refractivity contribution in [1.29, 1.82) is 0 Å². The van der Waals surface area contributed by atoms with Crippen LogP contribution >= 0.6 is 0 Å². The monoisotopic (exact) mass is 348 g/mol. The van der Waals surface area contributed by atoms with Crippen LogP contribution in [0, 0.1) is 6.92 Å². The highest BCUT2D eigenvalue weighted by Gasteiger charge is 2.08. The molecule has 0 radical (unpaired) electrons. The molecule has 0 saturated heterocycles. The Bertz CT molecular complexity index is 904. The summed E-state index contributed by atoms with van der Waals surface area (Å²) in [5, 5.41) is 5.25. The molecule has 26 heavy (non-hydrogen) atoms. The number of ether oxygens (including phenoxy) is 1. The SMILES string of the molecule is COc1ccc2cc(CN(C)CC(=O)Nc3ccc(C)cc3)ccc2c1. The maximum atomic E-state index is 12.2. The van der Waals surface area contributed by atoms with Gasteiger partial charge in [-0.05, 0) is 60.6 Å². The number of rotatable bonds is 6. The molecule has 0 fully saturated rings. The van der Waals surface area contributed by atoms with E-state index in [1.54, 1.807) is 7.11 Å². The lowest BCUT2D eigenvalue weighted by Gasteiger charge is -2.17. The Morgan fingerprint density at radius 2 is 1.69 bits per heavy atom. The van der Waals surface area contributed by atoms with Crippen molar-refractivity contribution in [2.75, 3.05) is 26.0 Å². The fourth-order valence-corrected chi connectivity index (χ4v) is 2.95. The highest BCUT2D eigenvalue weighted by Crippen LogP contribution is 2.22. The molecule has 1 N–H and O–H groups in total. The number of nitrogens with one attached hydrogen (secondary N) is 1. The van der Waals surface area contributed by atoms with Crippen LogP contribution in [0.15, 0.2) is 60.7 Å². The number of fused-ring (bicyclic) bond motifs is 1. The minimum absolute atomic E-state index is 0.0121. The lowest BCUT2D eigenvalue weighted by Crippen LogP contribution is -2.29. The Labute approximate surface area is 154 Å². The summed E-state index contributed by atoms with van der Waals surface area (Å²) in [6.07, 6.45) is 0. The van der Waals surface area contributed by atoms with Gasteiger partial charge in [-0.1, -0.05) is 35.9 Å². The zero-order valence-corrected chi connectivity index (χ0v) is 15.5. The summed E-state index contributed by atoms with van der Waals surface area (Å²) in [4.78, 5) is 14.2. The minimum atomic E-state index is -0.0121. The maximum Gasteiger partial charge on any atom is 0.238 e. The van der Waals surface area contributed by atoms with Gasteiger partial charge in [-0.3, -0.25) is 9.69 Å². The number of aryl methyl sites for hydroxylation is 1. The van der Waals surface area contributed by atoms with Crippen molar-refractivity contribution < 1.29 is 9.53 Å². The van der Waals surface area contributed by atoms with Crippen LogP contribution in [0.2, 0.25) is 0 Å². The molecule has 0 spiro atoms. The van der Waals surface area contributed by atoms with E-state index in [9.17, 15) is 4.79 Å². The van der Waals surface area contributed by atoms with Crippen LogP contribution in [0.25, 0.3) is 10.8 Å². The zero-order chi connectivity index (χ0) is 18.5. The van der Waals surface area contributed by atoms with Gasteiger partial charge < -0.3 is 10.1 Å². The standard InChI is InChI=1S/C22H24N2O2/c1-16-4-9-20(10-5-16)23-22(25)15-24(2)14-17-6-7-19-13-21(26-3)11-8-18(19)12-17/h4-13H,14-15H2,1-3H3,(H,23,25). The first-order chi connectivity index (χ1) is 12.5. The Kier molecular flexibility index (Phi) is 5.54. The second-order valence-corrected chi connectivity index (χ2v) is 6.63. The van der Waals surface area contributed by atoms with Crippen LogP contribution in [-0.2, 0) is 11.3 Å². The lowest BCUT2D eigenvalue weighted by molar-refractivity contribution is -0.117. The molecule has 0 aliphatic carbocycles. The number of benzene rings is 3. The number of carbonyl (C=O) groups is 1. The molecular weight excluding hydrogens is 324 g/mol. The molecule has 4 nitrogen and oxygen atoms in total. The average Bonchev–Trinajstić information content (AvgIpc) is 2.63. The van der Waals surface area contributed by atoms with Gasteiger partial charge in [0.25, 0.3) is 0 Å². The quantitative estimate of drug-likeness (QED) is 0.725. The number of hydrogen-bond acceptors (Lipinski definition) is 3. The van der Waals surface area contributed by atoms with Gasteiger partial charge >= 0.3 is 0 Å². The van der Waals surface area contributed by atoms with Gasteiger partial charge in [0.15, 0.2) is 0 Å². The number of nitrogens with zero attached hydrogens (tertiary/aromatic N) is 1. The molecule has 0 unspecified atom stereocenters. The molecule has 3 rings (SSSR count). The van der Waals surface area contributed by atoms with Crippen molar-refractivity contribution in [3.8, 4) is 5.75 Å². The number of anilines is 1. The van der Waals surface area contributed by atoms with Crippen molar-refractivity contribution in [2.45, 2.75) is 13.5 Å². The fourth-order valence-electron chi connectivity index (χ4n) is 2.95. The predicted octanol–water partition coefficient (Wildman–Crippen LogP) is 4.23. The molecule has 0 bridgehead atoms. The molecule has 134 valence electrons. The molecule has 0 saturated carbocycles. The molecule has 0 atom stereocenters. The molecular formula is C22H24N2O2. The number of carbonyl (C=O) groups excluding carboxylic acids is 1. The van der Waals surface area contributed by atoms with E-state index >= 15 is 0 Å². The van der Waals surface area contributed by atoms with Gasteiger partial charge in [0.2, 0.25) is 5.91 Å². The van der Waals surface area contributed by atoms with Gasteiger partial charge in [-0.25, -0.2) is 0 Å². The summed E-state index contributed by atoms with van der Waals surface area (Å²) in [5.74, 6) is 0.844. The first-order valence-electron chi connectivity index (χ1n) is 8.65. The topological polar surface area (TPSA) is 41.6 Å². The van der Waals surface area contributed by atoms with Crippen molar-refractivity contribution in [3.05, 3.63) is 71.8 Å². The Morgan fingerprint density at radius 1 is 1.00 bits per heavy atom. The Hall–Kier alpha value is -2.85. The first-order valence-corrected chi connectivity index (χ1v) is 8.65. The van der Waals surface area contributed by atoms with E-state index < -0.39 is 0 Å². The van der Waals surface area contributed by atoms with E-state index in [0.29, 0.717) is 13.1 Å². The largest absolute Gasteiger partial charge is 0.497 e. The van der Waals surface area contributed by atoms with Crippen molar-refractivity contribution in [3.63, 3.8) is 0 Å². The molecule has 3 aromatic rings. The summed E-state index contributed by atoms with van der Waals surface area (Å²) in [6.45, 7) is 3.08. The van der Waals surface area contributed by atoms with Gasteiger partial charge in [0.1, 0.15) is 5.75 Å². The average molecular weight is 348 g/mol. The van der Waals surface area contributed by atoms with Crippen molar-refractivity contribution >= 4 is 22.4 Å². The smallest absolute Gasteiger partial charge is 0.238 e.